The highest BCUT2D eigenvalue weighted by molar-refractivity contribution is 6.43. The highest BCUT2D eigenvalue weighted by atomic mass is 35.5. The van der Waals surface area contributed by atoms with Crippen molar-refractivity contribution in [3.8, 4) is 11.5 Å². The normalized spacial score (nSPS) is 10.5. The van der Waals surface area contributed by atoms with Crippen LogP contribution in [0.1, 0.15) is 0 Å². The summed E-state index contributed by atoms with van der Waals surface area (Å²) in [5.74, 6) is 0.802. The topological polar surface area (TPSA) is 9.23 Å². The predicted molar refractivity (Wildman–Crippen MR) is 78.0 cm³/mol. The number of ether oxygens (including phenoxy) is 1. The van der Waals surface area contributed by atoms with E-state index in [0.717, 1.165) is 0 Å². The first-order valence-corrected chi connectivity index (χ1v) is 6.64. The number of rotatable bonds is 2. The summed E-state index contributed by atoms with van der Waals surface area (Å²) in [6.45, 7) is 0. The molecule has 2 aromatic rings. The summed E-state index contributed by atoms with van der Waals surface area (Å²) in [5, 5.41) is 1.95. The Labute approximate surface area is 129 Å². The number of hydrogen-bond donors (Lipinski definition) is 0. The summed E-state index contributed by atoms with van der Waals surface area (Å²) >= 11 is 29.5. The van der Waals surface area contributed by atoms with Crippen LogP contribution in [0.15, 0.2) is 30.3 Å². The van der Waals surface area contributed by atoms with Gasteiger partial charge in [-0.2, -0.15) is 0 Å². The van der Waals surface area contributed by atoms with E-state index in [0.29, 0.717) is 36.6 Å². The third-order valence-corrected chi connectivity index (χ3v) is 3.64. The molecule has 94 valence electrons. The standard InChI is InChI=1S/C12H5Cl5O/c13-6-1-2-11(9(16)3-6)18-12-5-8(15)7(14)4-10(12)17/h1-5H. The fourth-order valence-electron chi connectivity index (χ4n) is 1.26. The Morgan fingerprint density at radius 2 is 1.22 bits per heavy atom. The molecular weight excluding hydrogens is 337 g/mol. The summed E-state index contributed by atoms with van der Waals surface area (Å²) in [6.07, 6.45) is 0. The van der Waals surface area contributed by atoms with Gasteiger partial charge in [0, 0.05) is 11.1 Å². The van der Waals surface area contributed by atoms with E-state index in [4.69, 9.17) is 62.7 Å². The Bertz CT molecular complexity index is 597. The Balaban J connectivity index is 2.37. The molecule has 0 amide bonds. The van der Waals surface area contributed by atoms with E-state index in [2.05, 4.69) is 0 Å². The molecular formula is C12H5Cl5O. The van der Waals surface area contributed by atoms with Gasteiger partial charge in [0.2, 0.25) is 0 Å². The summed E-state index contributed by atoms with van der Waals surface area (Å²) in [4.78, 5) is 0. The van der Waals surface area contributed by atoms with Crippen molar-refractivity contribution in [1.29, 1.82) is 0 Å². The average molecular weight is 342 g/mol. The van der Waals surface area contributed by atoms with Gasteiger partial charge in [0.15, 0.2) is 0 Å². The first kappa shape index (κ1) is 14.1. The zero-order valence-electron chi connectivity index (χ0n) is 8.68. The van der Waals surface area contributed by atoms with Crippen molar-refractivity contribution in [2.45, 2.75) is 0 Å². The first-order valence-electron chi connectivity index (χ1n) is 4.75. The van der Waals surface area contributed by atoms with Crippen LogP contribution in [0, 0.1) is 0 Å². The Morgan fingerprint density at radius 1 is 0.611 bits per heavy atom. The maximum atomic E-state index is 6.00. The largest absolute Gasteiger partial charge is 0.454 e. The van der Waals surface area contributed by atoms with Gasteiger partial charge in [-0.1, -0.05) is 58.0 Å². The maximum absolute atomic E-state index is 6.00. The molecule has 0 saturated carbocycles. The van der Waals surface area contributed by atoms with Gasteiger partial charge in [-0.05, 0) is 24.3 Å². The van der Waals surface area contributed by atoms with Crippen molar-refractivity contribution in [2.24, 2.45) is 0 Å². The van der Waals surface area contributed by atoms with E-state index in [9.17, 15) is 0 Å². The number of benzene rings is 2. The zero-order chi connectivity index (χ0) is 13.3. The van der Waals surface area contributed by atoms with Gasteiger partial charge in [-0.15, -0.1) is 0 Å². The molecule has 0 aliphatic heterocycles. The van der Waals surface area contributed by atoms with E-state index in [-0.39, 0.29) is 0 Å². The summed E-state index contributed by atoms with van der Waals surface area (Å²) in [7, 11) is 0. The molecule has 2 rings (SSSR count). The summed E-state index contributed by atoms with van der Waals surface area (Å²) in [5.41, 5.74) is 0. The van der Waals surface area contributed by atoms with Crippen molar-refractivity contribution in [3.05, 3.63) is 55.4 Å². The molecule has 0 unspecified atom stereocenters. The third kappa shape index (κ3) is 3.17. The second-order valence-electron chi connectivity index (χ2n) is 3.37. The van der Waals surface area contributed by atoms with Gasteiger partial charge < -0.3 is 4.74 Å². The lowest BCUT2D eigenvalue weighted by molar-refractivity contribution is 0.483. The maximum Gasteiger partial charge on any atom is 0.147 e. The van der Waals surface area contributed by atoms with E-state index in [1.165, 1.54) is 12.1 Å². The molecule has 18 heavy (non-hydrogen) atoms. The van der Waals surface area contributed by atoms with Crippen LogP contribution in [0.4, 0.5) is 0 Å². The van der Waals surface area contributed by atoms with Gasteiger partial charge in [-0.3, -0.25) is 0 Å². The van der Waals surface area contributed by atoms with Gasteiger partial charge in [-0.25, -0.2) is 0 Å². The average Bonchev–Trinajstić information content (AvgIpc) is 2.29. The summed E-state index contributed by atoms with van der Waals surface area (Å²) in [6, 6.07) is 7.91. The van der Waals surface area contributed by atoms with Crippen LogP contribution in [0.5, 0.6) is 11.5 Å². The van der Waals surface area contributed by atoms with Gasteiger partial charge >= 0.3 is 0 Å². The van der Waals surface area contributed by atoms with Gasteiger partial charge in [0.1, 0.15) is 11.5 Å². The summed E-state index contributed by atoms with van der Waals surface area (Å²) < 4.78 is 5.57. The van der Waals surface area contributed by atoms with Crippen molar-refractivity contribution in [2.75, 3.05) is 0 Å². The van der Waals surface area contributed by atoms with Crippen LogP contribution in [0.3, 0.4) is 0 Å². The molecule has 0 atom stereocenters. The van der Waals surface area contributed by atoms with E-state index >= 15 is 0 Å². The first-order chi connectivity index (χ1) is 8.47. The lowest BCUT2D eigenvalue weighted by Gasteiger charge is -2.10. The van der Waals surface area contributed by atoms with Crippen molar-refractivity contribution in [3.63, 3.8) is 0 Å². The Morgan fingerprint density at radius 3 is 1.89 bits per heavy atom. The van der Waals surface area contributed by atoms with Gasteiger partial charge in [0.05, 0.1) is 20.1 Å². The number of halogens is 5. The Hall–Kier alpha value is -0.310. The van der Waals surface area contributed by atoms with Crippen molar-refractivity contribution in [1.82, 2.24) is 0 Å². The second-order valence-corrected chi connectivity index (χ2v) is 5.44. The minimum Gasteiger partial charge on any atom is -0.454 e. The third-order valence-electron chi connectivity index (χ3n) is 2.09. The second kappa shape index (κ2) is 5.77. The van der Waals surface area contributed by atoms with E-state index < -0.39 is 0 Å². The van der Waals surface area contributed by atoms with Crippen molar-refractivity contribution >= 4 is 58.0 Å². The van der Waals surface area contributed by atoms with E-state index in [1.54, 1.807) is 18.2 Å². The molecule has 0 aromatic heterocycles. The molecule has 0 aliphatic rings. The zero-order valence-corrected chi connectivity index (χ0v) is 12.5. The Kier molecular flexibility index (Phi) is 4.52. The van der Waals surface area contributed by atoms with Crippen LogP contribution in [-0.4, -0.2) is 0 Å². The van der Waals surface area contributed by atoms with Crippen molar-refractivity contribution < 1.29 is 4.74 Å². The predicted octanol–water partition coefficient (Wildman–Crippen LogP) is 6.75. The molecule has 0 heterocycles. The molecule has 2 aromatic carbocycles. The quantitative estimate of drug-likeness (QED) is 0.549. The molecule has 6 heteroatoms. The molecule has 0 saturated heterocycles. The van der Waals surface area contributed by atoms with Crippen LogP contribution in [-0.2, 0) is 0 Å². The molecule has 1 nitrogen and oxygen atoms in total. The van der Waals surface area contributed by atoms with Gasteiger partial charge in [0.25, 0.3) is 0 Å². The highest BCUT2D eigenvalue weighted by Gasteiger charge is 2.10. The fourth-order valence-corrected chi connectivity index (χ4v) is 2.28. The minimum absolute atomic E-state index is 0.343. The SMILES string of the molecule is Clc1ccc(Oc2cc(Cl)c(Cl)cc2Cl)c(Cl)c1. The smallest absolute Gasteiger partial charge is 0.147 e. The van der Waals surface area contributed by atoms with Crippen LogP contribution in [0.2, 0.25) is 25.1 Å². The molecule has 0 spiro atoms. The monoisotopic (exact) mass is 340 g/mol. The van der Waals surface area contributed by atoms with Crippen LogP contribution in [0.25, 0.3) is 0 Å². The minimum atomic E-state index is 0.343. The number of hydrogen-bond acceptors (Lipinski definition) is 1. The molecule has 0 N–H and O–H groups in total. The fraction of sp³-hybridized carbons (Fsp3) is 0. The lowest BCUT2D eigenvalue weighted by atomic mass is 10.3. The molecule has 0 aliphatic carbocycles. The molecule has 0 fully saturated rings. The van der Waals surface area contributed by atoms with Crippen LogP contribution < -0.4 is 4.74 Å². The lowest BCUT2D eigenvalue weighted by Crippen LogP contribution is -1.87. The molecule has 0 bridgehead atoms. The highest BCUT2D eigenvalue weighted by Crippen LogP contribution is 2.38. The van der Waals surface area contributed by atoms with E-state index in [1.807, 2.05) is 0 Å². The van der Waals surface area contributed by atoms with Crippen LogP contribution >= 0.6 is 58.0 Å². The molecule has 0 radical (unpaired) electrons.